The maximum Gasteiger partial charge on any atom is 0.192 e. The molecule has 1 aromatic heterocycles. The number of nitrogens with zero attached hydrogens (tertiary/aromatic N) is 3. The van der Waals surface area contributed by atoms with Crippen LogP contribution < -0.4 is 18.9 Å². The summed E-state index contributed by atoms with van der Waals surface area (Å²) in [6.07, 6.45) is 0.706. The van der Waals surface area contributed by atoms with Crippen molar-refractivity contribution >= 4 is 11.8 Å². The van der Waals surface area contributed by atoms with Crippen LogP contribution >= 0.6 is 11.8 Å². The highest BCUT2D eigenvalue weighted by molar-refractivity contribution is 7.99. The molecule has 0 bridgehead atoms. The Morgan fingerprint density at radius 2 is 1.97 bits per heavy atom. The molecule has 1 aliphatic heterocycles. The highest BCUT2D eigenvalue weighted by Gasteiger charge is 2.28. The standard InChI is InChI=1S/C25H29N3O6S/c1-4-11-28-24(23-15-33-20-7-5-6-8-21(20)34-23)26-27-25(28)35-16-18(29)14-32-13-17-9-10-19(30-2)22(12-17)31-3/h4-10,12,18,23,29H,1,11,13-16H2,2-3H3. The maximum absolute atomic E-state index is 10.4. The van der Waals surface area contributed by atoms with E-state index in [1.165, 1.54) is 11.8 Å². The molecule has 2 unspecified atom stereocenters. The molecule has 4 rings (SSSR count). The van der Waals surface area contributed by atoms with Gasteiger partial charge < -0.3 is 28.8 Å². The Morgan fingerprint density at radius 1 is 1.17 bits per heavy atom. The van der Waals surface area contributed by atoms with E-state index in [9.17, 15) is 5.11 Å². The predicted octanol–water partition coefficient (Wildman–Crippen LogP) is 3.66. The number of hydrogen-bond acceptors (Lipinski definition) is 9. The topological polar surface area (TPSA) is 97.1 Å². The number of para-hydroxylation sites is 2. The fraction of sp³-hybridized carbons (Fsp3) is 0.360. The van der Waals surface area contributed by atoms with Crippen molar-refractivity contribution in [3.05, 3.63) is 66.5 Å². The Bertz CT molecular complexity index is 1140. The molecule has 35 heavy (non-hydrogen) atoms. The second-order valence-corrected chi connectivity index (χ2v) is 8.76. The highest BCUT2D eigenvalue weighted by atomic mass is 32.2. The number of aliphatic hydroxyl groups excluding tert-OH is 1. The second-order valence-electron chi connectivity index (χ2n) is 7.77. The van der Waals surface area contributed by atoms with E-state index in [1.54, 1.807) is 20.3 Å². The van der Waals surface area contributed by atoms with Crippen molar-refractivity contribution < 1.29 is 28.8 Å². The first-order valence-corrected chi connectivity index (χ1v) is 12.1. The Hall–Kier alpha value is -3.21. The van der Waals surface area contributed by atoms with Gasteiger partial charge in [0.2, 0.25) is 0 Å². The first-order chi connectivity index (χ1) is 17.1. The molecule has 2 aromatic carbocycles. The number of allylic oxidation sites excluding steroid dienone is 1. The van der Waals surface area contributed by atoms with Gasteiger partial charge in [0.1, 0.15) is 6.61 Å². The molecule has 2 atom stereocenters. The zero-order valence-electron chi connectivity index (χ0n) is 19.8. The van der Waals surface area contributed by atoms with Gasteiger partial charge in [-0.1, -0.05) is 36.0 Å². The Labute approximate surface area is 208 Å². The van der Waals surface area contributed by atoms with Crippen LogP contribution in [0.25, 0.3) is 0 Å². The summed E-state index contributed by atoms with van der Waals surface area (Å²) in [5, 5.41) is 19.8. The second kappa shape index (κ2) is 12.0. The van der Waals surface area contributed by atoms with E-state index < -0.39 is 6.10 Å². The highest BCUT2D eigenvalue weighted by Crippen LogP contribution is 2.36. The van der Waals surface area contributed by atoms with Crippen molar-refractivity contribution in [2.45, 2.75) is 30.5 Å². The number of hydrogen-bond donors (Lipinski definition) is 1. The summed E-state index contributed by atoms with van der Waals surface area (Å²) in [7, 11) is 3.18. The smallest absolute Gasteiger partial charge is 0.192 e. The molecular formula is C25H29N3O6S. The summed E-state index contributed by atoms with van der Waals surface area (Å²) in [4.78, 5) is 0. The Balaban J connectivity index is 1.31. The summed E-state index contributed by atoms with van der Waals surface area (Å²) in [6.45, 7) is 5.22. The molecular weight excluding hydrogens is 470 g/mol. The van der Waals surface area contributed by atoms with Crippen LogP contribution in [0.4, 0.5) is 0 Å². The van der Waals surface area contributed by atoms with Crippen LogP contribution in [-0.4, -0.2) is 59.2 Å². The van der Waals surface area contributed by atoms with Crippen molar-refractivity contribution in [2.75, 3.05) is 33.2 Å². The fourth-order valence-corrected chi connectivity index (χ4v) is 4.45. The minimum atomic E-state index is -0.682. The molecule has 0 fully saturated rings. The number of thioether (sulfide) groups is 1. The summed E-state index contributed by atoms with van der Waals surface area (Å²) >= 11 is 1.40. The average molecular weight is 500 g/mol. The van der Waals surface area contributed by atoms with Crippen molar-refractivity contribution in [2.24, 2.45) is 0 Å². The molecule has 0 saturated carbocycles. The van der Waals surface area contributed by atoms with Crippen LogP contribution in [0.5, 0.6) is 23.0 Å². The van der Waals surface area contributed by atoms with Gasteiger partial charge >= 0.3 is 0 Å². The summed E-state index contributed by atoms with van der Waals surface area (Å²) in [5.41, 5.74) is 0.925. The van der Waals surface area contributed by atoms with Gasteiger partial charge in [-0.25, -0.2) is 0 Å². The molecule has 186 valence electrons. The first kappa shape index (κ1) is 24.9. The van der Waals surface area contributed by atoms with Crippen LogP contribution in [0, 0.1) is 0 Å². The number of aliphatic hydroxyl groups is 1. The lowest BCUT2D eigenvalue weighted by Crippen LogP contribution is -2.25. The number of benzene rings is 2. The van der Waals surface area contributed by atoms with E-state index >= 15 is 0 Å². The number of rotatable bonds is 12. The third-order valence-electron chi connectivity index (χ3n) is 5.29. The van der Waals surface area contributed by atoms with Crippen molar-refractivity contribution in [1.82, 2.24) is 14.8 Å². The quantitative estimate of drug-likeness (QED) is 0.296. The first-order valence-electron chi connectivity index (χ1n) is 11.1. The van der Waals surface area contributed by atoms with Gasteiger partial charge in [0, 0.05) is 12.3 Å². The van der Waals surface area contributed by atoms with Gasteiger partial charge in [0.15, 0.2) is 40.1 Å². The van der Waals surface area contributed by atoms with Crippen LogP contribution in [0.15, 0.2) is 60.3 Å². The van der Waals surface area contributed by atoms with E-state index in [0.717, 1.165) is 5.56 Å². The van der Waals surface area contributed by atoms with Gasteiger partial charge in [0.05, 0.1) is 33.5 Å². The van der Waals surface area contributed by atoms with Gasteiger partial charge in [-0.3, -0.25) is 4.57 Å². The molecule has 0 spiro atoms. The summed E-state index contributed by atoms with van der Waals surface area (Å²) < 4.78 is 30.1. The van der Waals surface area contributed by atoms with Crippen molar-refractivity contribution in [3.8, 4) is 23.0 Å². The van der Waals surface area contributed by atoms with Gasteiger partial charge in [-0.15, -0.1) is 16.8 Å². The van der Waals surface area contributed by atoms with Crippen LogP contribution in [0.1, 0.15) is 17.5 Å². The minimum Gasteiger partial charge on any atom is -0.493 e. The van der Waals surface area contributed by atoms with E-state index in [0.29, 0.717) is 59.5 Å². The molecule has 9 nitrogen and oxygen atoms in total. The maximum atomic E-state index is 10.4. The number of aromatic nitrogens is 3. The fourth-order valence-electron chi connectivity index (χ4n) is 3.59. The van der Waals surface area contributed by atoms with Gasteiger partial charge in [0.25, 0.3) is 0 Å². The van der Waals surface area contributed by atoms with Crippen LogP contribution in [0.3, 0.4) is 0 Å². The largest absolute Gasteiger partial charge is 0.493 e. The Kier molecular flexibility index (Phi) is 8.51. The SMILES string of the molecule is C=CCn1c(SCC(O)COCc2ccc(OC)c(OC)c2)nnc1C1COc2ccccc2O1. The van der Waals surface area contributed by atoms with Gasteiger partial charge in [-0.2, -0.15) is 0 Å². The third-order valence-corrected chi connectivity index (χ3v) is 6.40. The number of fused-ring (bicyclic) bond motifs is 1. The predicted molar refractivity (Wildman–Crippen MR) is 131 cm³/mol. The molecule has 1 aliphatic rings. The van der Waals surface area contributed by atoms with Crippen molar-refractivity contribution in [1.29, 1.82) is 0 Å². The van der Waals surface area contributed by atoms with Crippen LogP contribution in [-0.2, 0) is 17.9 Å². The molecule has 0 saturated heterocycles. The zero-order chi connectivity index (χ0) is 24.6. The molecule has 0 amide bonds. The summed E-state index contributed by atoms with van der Waals surface area (Å²) in [5.74, 6) is 3.73. The molecule has 0 aliphatic carbocycles. The van der Waals surface area contributed by atoms with Crippen LogP contribution in [0.2, 0.25) is 0 Å². The third kappa shape index (κ3) is 6.08. The van der Waals surface area contributed by atoms with Crippen molar-refractivity contribution in [3.63, 3.8) is 0 Å². The minimum absolute atomic E-state index is 0.181. The molecule has 2 heterocycles. The molecule has 10 heteroatoms. The Morgan fingerprint density at radius 3 is 2.74 bits per heavy atom. The molecule has 0 radical (unpaired) electrons. The summed E-state index contributed by atoms with van der Waals surface area (Å²) in [6, 6.07) is 13.1. The van der Waals surface area contributed by atoms with Gasteiger partial charge in [-0.05, 0) is 29.8 Å². The number of ether oxygens (including phenoxy) is 5. The van der Waals surface area contributed by atoms with E-state index in [1.807, 2.05) is 47.0 Å². The molecule has 1 N–H and O–H groups in total. The lowest BCUT2D eigenvalue weighted by atomic mass is 10.2. The van der Waals surface area contributed by atoms with E-state index in [-0.39, 0.29) is 12.7 Å². The monoisotopic (exact) mass is 499 g/mol. The lowest BCUT2D eigenvalue weighted by molar-refractivity contribution is 0.0397. The average Bonchev–Trinajstić information content (AvgIpc) is 3.29. The molecule has 3 aromatic rings. The normalized spacial score (nSPS) is 15.5. The number of methoxy groups -OCH3 is 2. The lowest BCUT2D eigenvalue weighted by Gasteiger charge is -2.26. The van der Waals surface area contributed by atoms with E-state index in [4.69, 9.17) is 23.7 Å². The van der Waals surface area contributed by atoms with E-state index in [2.05, 4.69) is 16.8 Å². The zero-order valence-corrected chi connectivity index (χ0v) is 20.6.